The maximum Gasteiger partial charge on any atom is 0.166 e. The SMILES string of the molecule is Cn1ncc2c1CCCC2Nc1ccc(O)c(F)c1. The van der Waals surface area contributed by atoms with Crippen LogP contribution in [0.25, 0.3) is 0 Å². The Morgan fingerprint density at radius 1 is 1.47 bits per heavy atom. The van der Waals surface area contributed by atoms with Crippen LogP contribution in [0.2, 0.25) is 0 Å². The summed E-state index contributed by atoms with van der Waals surface area (Å²) < 4.78 is 15.2. The van der Waals surface area contributed by atoms with Crippen molar-refractivity contribution in [2.75, 3.05) is 5.32 Å². The van der Waals surface area contributed by atoms with Gasteiger partial charge in [-0.05, 0) is 31.4 Å². The zero-order valence-electron chi connectivity index (χ0n) is 10.7. The quantitative estimate of drug-likeness (QED) is 0.817. The highest BCUT2D eigenvalue weighted by molar-refractivity contribution is 5.49. The van der Waals surface area contributed by atoms with Crippen molar-refractivity contribution < 1.29 is 9.50 Å². The molecular formula is C14H16FN3O. The highest BCUT2D eigenvalue weighted by Gasteiger charge is 2.23. The zero-order valence-corrected chi connectivity index (χ0v) is 10.7. The minimum absolute atomic E-state index is 0.154. The summed E-state index contributed by atoms with van der Waals surface area (Å²) in [5.41, 5.74) is 3.10. The summed E-state index contributed by atoms with van der Waals surface area (Å²) in [7, 11) is 1.95. The molecule has 2 N–H and O–H groups in total. The smallest absolute Gasteiger partial charge is 0.166 e. The second-order valence-corrected chi connectivity index (χ2v) is 4.93. The number of rotatable bonds is 2. The molecule has 1 unspecified atom stereocenters. The summed E-state index contributed by atoms with van der Waals surface area (Å²) in [4.78, 5) is 0. The van der Waals surface area contributed by atoms with E-state index in [1.54, 1.807) is 6.07 Å². The van der Waals surface area contributed by atoms with Gasteiger partial charge in [0.05, 0.1) is 12.2 Å². The Bertz CT molecular complexity index is 609. The lowest BCUT2D eigenvalue weighted by atomic mass is 9.93. The maximum atomic E-state index is 13.3. The highest BCUT2D eigenvalue weighted by Crippen LogP contribution is 2.32. The van der Waals surface area contributed by atoms with Gasteiger partial charge < -0.3 is 10.4 Å². The first-order chi connectivity index (χ1) is 9.15. The molecular weight excluding hydrogens is 245 g/mol. The van der Waals surface area contributed by atoms with Gasteiger partial charge in [0.25, 0.3) is 0 Å². The van der Waals surface area contributed by atoms with Crippen LogP contribution in [-0.4, -0.2) is 14.9 Å². The number of hydrogen-bond acceptors (Lipinski definition) is 3. The van der Waals surface area contributed by atoms with Gasteiger partial charge in [-0.25, -0.2) is 4.39 Å². The predicted octanol–water partition coefficient (Wildman–Crippen LogP) is 2.75. The van der Waals surface area contributed by atoms with Crippen molar-refractivity contribution in [3.63, 3.8) is 0 Å². The van der Waals surface area contributed by atoms with E-state index in [2.05, 4.69) is 10.4 Å². The lowest BCUT2D eigenvalue weighted by Gasteiger charge is -2.24. The molecule has 0 bridgehead atoms. The molecule has 0 aliphatic heterocycles. The predicted molar refractivity (Wildman–Crippen MR) is 70.6 cm³/mol. The molecule has 1 atom stereocenters. The Hall–Kier alpha value is -2.04. The zero-order chi connectivity index (χ0) is 13.4. The first-order valence-corrected chi connectivity index (χ1v) is 6.41. The number of aryl methyl sites for hydroxylation is 1. The van der Waals surface area contributed by atoms with Crippen LogP contribution >= 0.6 is 0 Å². The summed E-state index contributed by atoms with van der Waals surface area (Å²) in [6, 6.07) is 4.52. The van der Waals surface area contributed by atoms with Crippen LogP contribution in [0.3, 0.4) is 0 Å². The van der Waals surface area contributed by atoms with Gasteiger partial charge in [-0.3, -0.25) is 4.68 Å². The molecule has 1 aromatic carbocycles. The average molecular weight is 261 g/mol. The van der Waals surface area contributed by atoms with Gasteiger partial charge in [-0.15, -0.1) is 0 Å². The van der Waals surface area contributed by atoms with Gasteiger partial charge in [0, 0.05) is 30.1 Å². The van der Waals surface area contributed by atoms with E-state index < -0.39 is 5.82 Å². The van der Waals surface area contributed by atoms with Crippen molar-refractivity contribution in [3.8, 4) is 5.75 Å². The third kappa shape index (κ3) is 2.16. The Balaban J connectivity index is 1.86. The number of aromatic hydroxyl groups is 1. The Morgan fingerprint density at radius 3 is 3.11 bits per heavy atom. The van der Waals surface area contributed by atoms with Crippen LogP contribution in [-0.2, 0) is 13.5 Å². The number of hydrogen-bond donors (Lipinski definition) is 2. The van der Waals surface area contributed by atoms with Crippen LogP contribution in [0.1, 0.15) is 30.1 Å². The monoisotopic (exact) mass is 261 g/mol. The van der Waals surface area contributed by atoms with E-state index in [-0.39, 0.29) is 11.8 Å². The van der Waals surface area contributed by atoms with Crippen molar-refractivity contribution in [2.45, 2.75) is 25.3 Å². The molecule has 1 aromatic heterocycles. The molecule has 4 nitrogen and oxygen atoms in total. The molecule has 0 spiro atoms. The van der Waals surface area contributed by atoms with Crippen LogP contribution in [0, 0.1) is 5.82 Å². The Kier molecular flexibility index (Phi) is 2.89. The second kappa shape index (κ2) is 4.57. The Labute approximate surface area is 110 Å². The number of anilines is 1. The van der Waals surface area contributed by atoms with Gasteiger partial charge in [0.15, 0.2) is 11.6 Å². The first-order valence-electron chi connectivity index (χ1n) is 6.41. The summed E-state index contributed by atoms with van der Waals surface area (Å²) in [6.45, 7) is 0. The lowest BCUT2D eigenvalue weighted by Crippen LogP contribution is -2.17. The number of halogens is 1. The van der Waals surface area contributed by atoms with Crippen molar-refractivity contribution in [2.24, 2.45) is 7.05 Å². The van der Waals surface area contributed by atoms with Gasteiger partial charge in [-0.2, -0.15) is 5.10 Å². The number of aromatic nitrogens is 2. The normalized spacial score (nSPS) is 18.1. The van der Waals surface area contributed by atoms with E-state index in [4.69, 9.17) is 0 Å². The van der Waals surface area contributed by atoms with Crippen LogP contribution in [0.15, 0.2) is 24.4 Å². The highest BCUT2D eigenvalue weighted by atomic mass is 19.1. The van der Waals surface area contributed by atoms with Gasteiger partial charge in [0.1, 0.15) is 0 Å². The van der Waals surface area contributed by atoms with E-state index in [1.165, 1.54) is 23.4 Å². The van der Waals surface area contributed by atoms with Crippen molar-refractivity contribution >= 4 is 5.69 Å². The van der Waals surface area contributed by atoms with E-state index in [0.29, 0.717) is 5.69 Å². The summed E-state index contributed by atoms with van der Waals surface area (Å²) in [6.07, 6.45) is 5.00. The molecule has 5 heteroatoms. The lowest BCUT2D eigenvalue weighted by molar-refractivity contribution is 0.432. The summed E-state index contributed by atoms with van der Waals surface area (Å²) in [5, 5.41) is 16.8. The maximum absolute atomic E-state index is 13.3. The number of nitrogens with one attached hydrogen (secondary N) is 1. The van der Waals surface area contributed by atoms with Gasteiger partial charge >= 0.3 is 0 Å². The molecule has 1 aliphatic rings. The molecule has 1 aliphatic carbocycles. The average Bonchev–Trinajstić information content (AvgIpc) is 2.77. The van der Waals surface area contributed by atoms with E-state index >= 15 is 0 Å². The minimum Gasteiger partial charge on any atom is -0.505 e. The molecule has 19 heavy (non-hydrogen) atoms. The number of phenolic OH excluding ortho intramolecular Hbond substituents is 1. The summed E-state index contributed by atoms with van der Waals surface area (Å²) in [5.74, 6) is -0.927. The Morgan fingerprint density at radius 2 is 2.32 bits per heavy atom. The third-order valence-electron chi connectivity index (χ3n) is 3.66. The number of phenols is 1. The van der Waals surface area contributed by atoms with Crippen LogP contribution in [0.4, 0.5) is 10.1 Å². The topological polar surface area (TPSA) is 50.1 Å². The third-order valence-corrected chi connectivity index (χ3v) is 3.66. The molecule has 0 fully saturated rings. The van der Waals surface area contributed by atoms with Crippen molar-refractivity contribution in [3.05, 3.63) is 41.5 Å². The minimum atomic E-state index is -0.604. The molecule has 2 aromatic rings. The number of nitrogens with zero attached hydrogens (tertiary/aromatic N) is 2. The van der Waals surface area contributed by atoms with Gasteiger partial charge in [0.2, 0.25) is 0 Å². The van der Waals surface area contributed by atoms with E-state index in [0.717, 1.165) is 19.3 Å². The number of fused-ring (bicyclic) bond motifs is 1. The van der Waals surface area contributed by atoms with Crippen molar-refractivity contribution in [1.82, 2.24) is 9.78 Å². The fraction of sp³-hybridized carbons (Fsp3) is 0.357. The fourth-order valence-corrected chi connectivity index (χ4v) is 2.65. The second-order valence-electron chi connectivity index (χ2n) is 4.93. The molecule has 1 heterocycles. The number of benzene rings is 1. The van der Waals surface area contributed by atoms with E-state index in [1.807, 2.05) is 17.9 Å². The molecule has 0 amide bonds. The molecule has 3 rings (SSSR count). The summed E-state index contributed by atoms with van der Waals surface area (Å²) >= 11 is 0. The largest absolute Gasteiger partial charge is 0.505 e. The molecule has 100 valence electrons. The van der Waals surface area contributed by atoms with Crippen molar-refractivity contribution in [1.29, 1.82) is 0 Å². The fourth-order valence-electron chi connectivity index (χ4n) is 2.65. The molecule has 0 radical (unpaired) electrons. The standard InChI is InChI=1S/C14H16FN3O/c1-18-13-4-2-3-12(10(13)8-16-18)17-9-5-6-14(19)11(15)7-9/h5-8,12,17,19H,2-4H2,1H3. The van der Waals surface area contributed by atoms with Crippen LogP contribution < -0.4 is 5.32 Å². The van der Waals surface area contributed by atoms with E-state index in [9.17, 15) is 9.50 Å². The molecule has 0 saturated heterocycles. The first kappa shape index (κ1) is 12.0. The van der Waals surface area contributed by atoms with Crippen LogP contribution in [0.5, 0.6) is 5.75 Å². The van der Waals surface area contributed by atoms with Gasteiger partial charge in [-0.1, -0.05) is 0 Å². The molecule has 0 saturated carbocycles.